The van der Waals surface area contributed by atoms with Crippen LogP contribution in [0, 0.1) is 3.57 Å². The molecule has 1 heterocycles. The molecule has 16 heavy (non-hydrogen) atoms. The summed E-state index contributed by atoms with van der Waals surface area (Å²) in [6, 6.07) is 1.21. The monoisotopic (exact) mass is 411 g/mol. The van der Waals surface area contributed by atoms with E-state index in [0.717, 1.165) is 0 Å². The molecule has 0 saturated heterocycles. The molecule has 0 unspecified atom stereocenters. The van der Waals surface area contributed by atoms with Gasteiger partial charge in [-0.2, -0.15) is 4.98 Å². The van der Waals surface area contributed by atoms with Gasteiger partial charge in [0.2, 0.25) is 11.8 Å². The molecule has 0 aliphatic rings. The Morgan fingerprint density at radius 1 is 1.50 bits per heavy atom. The quantitative estimate of drug-likeness (QED) is 0.563. The summed E-state index contributed by atoms with van der Waals surface area (Å²) in [7, 11) is 1.33. The molecule has 1 aromatic heterocycles. The molecule has 0 saturated carbocycles. The third-order valence-electron chi connectivity index (χ3n) is 1.54. The molecule has 1 rings (SSSR count). The topological polar surface area (TPSA) is 31.4 Å². The average molecular weight is 412 g/mol. The van der Waals surface area contributed by atoms with Crippen LogP contribution < -0.4 is 9.47 Å². The molecule has 0 radical (unpaired) electrons. The van der Waals surface area contributed by atoms with Crippen LogP contribution in [0.2, 0.25) is 0 Å². The molecule has 0 spiro atoms. The van der Waals surface area contributed by atoms with Crippen LogP contribution in [0.3, 0.4) is 0 Å². The van der Waals surface area contributed by atoms with E-state index >= 15 is 0 Å². The summed E-state index contributed by atoms with van der Waals surface area (Å²) in [4.78, 5) is 3.59. The van der Waals surface area contributed by atoms with E-state index in [4.69, 9.17) is 4.74 Å². The summed E-state index contributed by atoms with van der Waals surface area (Å²) >= 11 is 5.10. The Kier molecular flexibility index (Phi) is 4.65. The van der Waals surface area contributed by atoms with Crippen molar-refractivity contribution in [3.8, 4) is 11.8 Å². The van der Waals surface area contributed by atoms with Crippen molar-refractivity contribution in [1.82, 2.24) is 4.98 Å². The number of hydrogen-bond donors (Lipinski definition) is 0. The highest BCUT2D eigenvalue weighted by Gasteiger charge is 2.32. The lowest BCUT2D eigenvalue weighted by Crippen LogP contribution is -2.18. The molecular formula is C8H6BrF3INO2. The summed E-state index contributed by atoms with van der Waals surface area (Å²) in [5, 5.41) is 0.387. The van der Waals surface area contributed by atoms with Crippen molar-refractivity contribution >= 4 is 38.5 Å². The number of halogens is 5. The van der Waals surface area contributed by atoms with Crippen LogP contribution in [0.5, 0.6) is 11.8 Å². The second-order valence-corrected chi connectivity index (χ2v) is 4.26. The molecule has 3 nitrogen and oxygen atoms in total. The van der Waals surface area contributed by atoms with Crippen LogP contribution in [0.15, 0.2) is 6.07 Å². The molecule has 1 aromatic rings. The van der Waals surface area contributed by atoms with Gasteiger partial charge in [0.15, 0.2) is 0 Å². The van der Waals surface area contributed by atoms with Crippen LogP contribution in [0.4, 0.5) is 13.2 Å². The standard InChI is InChI=1S/C8H6BrF3INO2/c1-15-7-6(13)4(3-9)2-5(14-7)16-8(10,11)12/h2H,3H2,1H3. The van der Waals surface area contributed by atoms with Crippen LogP contribution in [-0.2, 0) is 5.33 Å². The molecule has 0 aromatic carbocycles. The first-order valence-corrected chi connectivity index (χ1v) is 6.12. The first-order chi connectivity index (χ1) is 7.37. The Balaban J connectivity index is 3.12. The average Bonchev–Trinajstić information content (AvgIpc) is 2.18. The number of pyridine rings is 1. The van der Waals surface area contributed by atoms with Crippen molar-refractivity contribution in [2.75, 3.05) is 7.11 Å². The van der Waals surface area contributed by atoms with Gasteiger partial charge in [0.25, 0.3) is 0 Å². The van der Waals surface area contributed by atoms with Crippen molar-refractivity contribution in [1.29, 1.82) is 0 Å². The first kappa shape index (κ1) is 13.8. The maximum absolute atomic E-state index is 12.0. The van der Waals surface area contributed by atoms with Gasteiger partial charge in [0, 0.05) is 11.4 Å². The van der Waals surface area contributed by atoms with Gasteiger partial charge >= 0.3 is 6.36 Å². The lowest BCUT2D eigenvalue weighted by molar-refractivity contribution is -0.276. The zero-order chi connectivity index (χ0) is 12.3. The minimum Gasteiger partial charge on any atom is -0.480 e. The van der Waals surface area contributed by atoms with Gasteiger partial charge < -0.3 is 9.47 Å². The zero-order valence-corrected chi connectivity index (χ0v) is 11.7. The highest BCUT2D eigenvalue weighted by atomic mass is 127. The van der Waals surface area contributed by atoms with Crippen LogP contribution in [0.25, 0.3) is 0 Å². The van der Waals surface area contributed by atoms with Crippen molar-refractivity contribution in [2.45, 2.75) is 11.7 Å². The van der Waals surface area contributed by atoms with Gasteiger partial charge in [-0.05, 0) is 28.2 Å². The van der Waals surface area contributed by atoms with Crippen molar-refractivity contribution in [2.24, 2.45) is 0 Å². The molecule has 8 heteroatoms. The Morgan fingerprint density at radius 3 is 2.56 bits per heavy atom. The first-order valence-electron chi connectivity index (χ1n) is 3.92. The second-order valence-electron chi connectivity index (χ2n) is 2.62. The van der Waals surface area contributed by atoms with E-state index in [-0.39, 0.29) is 5.88 Å². The van der Waals surface area contributed by atoms with Gasteiger partial charge in [-0.3, -0.25) is 0 Å². The molecule has 0 fully saturated rings. The van der Waals surface area contributed by atoms with E-state index in [2.05, 4.69) is 25.7 Å². The van der Waals surface area contributed by atoms with Crippen molar-refractivity contribution < 1.29 is 22.6 Å². The second kappa shape index (κ2) is 5.39. The highest BCUT2D eigenvalue weighted by molar-refractivity contribution is 14.1. The largest absolute Gasteiger partial charge is 0.574 e. The number of methoxy groups -OCH3 is 1. The Bertz CT molecular complexity index is 361. The predicted octanol–water partition coefficient (Wildman–Crippen LogP) is 3.49. The van der Waals surface area contributed by atoms with E-state index < -0.39 is 12.2 Å². The fourth-order valence-electron chi connectivity index (χ4n) is 0.935. The fourth-order valence-corrected chi connectivity index (χ4v) is 2.59. The SMILES string of the molecule is COc1nc(OC(F)(F)F)cc(CBr)c1I. The molecular weight excluding hydrogens is 406 g/mol. The maximum atomic E-state index is 12.0. The third-order valence-corrected chi connectivity index (χ3v) is 3.30. The smallest absolute Gasteiger partial charge is 0.480 e. The van der Waals surface area contributed by atoms with Gasteiger partial charge in [-0.15, -0.1) is 13.2 Å². The number of ether oxygens (including phenoxy) is 2. The van der Waals surface area contributed by atoms with Gasteiger partial charge in [-0.25, -0.2) is 0 Å². The normalized spacial score (nSPS) is 11.4. The molecule has 0 aliphatic carbocycles. The molecule has 0 bridgehead atoms. The van der Waals surface area contributed by atoms with Crippen LogP contribution >= 0.6 is 38.5 Å². The molecule has 0 amide bonds. The van der Waals surface area contributed by atoms with Crippen molar-refractivity contribution in [3.05, 3.63) is 15.2 Å². The van der Waals surface area contributed by atoms with E-state index in [1.807, 2.05) is 22.6 Å². The predicted molar refractivity (Wildman–Crippen MR) is 62.8 cm³/mol. The molecule has 0 aliphatic heterocycles. The molecule has 90 valence electrons. The number of nitrogens with zero attached hydrogens (tertiary/aromatic N) is 1. The maximum Gasteiger partial charge on any atom is 0.574 e. The van der Waals surface area contributed by atoms with Gasteiger partial charge in [0.05, 0.1) is 10.7 Å². The lowest BCUT2D eigenvalue weighted by Gasteiger charge is -2.12. The van der Waals surface area contributed by atoms with Crippen LogP contribution in [-0.4, -0.2) is 18.5 Å². The minimum absolute atomic E-state index is 0.108. The highest BCUT2D eigenvalue weighted by Crippen LogP contribution is 2.30. The summed E-state index contributed by atoms with van der Waals surface area (Å²) in [5.74, 6) is -0.420. The lowest BCUT2D eigenvalue weighted by atomic mass is 10.3. The zero-order valence-electron chi connectivity index (χ0n) is 7.94. The number of alkyl halides is 4. The summed E-state index contributed by atoms with van der Waals surface area (Å²) in [6.45, 7) is 0. The Hall–Kier alpha value is -0.250. The summed E-state index contributed by atoms with van der Waals surface area (Å²) < 4.78 is 45.2. The fraction of sp³-hybridized carbons (Fsp3) is 0.375. The molecule has 0 N–H and O–H groups in total. The van der Waals surface area contributed by atoms with E-state index in [0.29, 0.717) is 14.5 Å². The van der Waals surface area contributed by atoms with Crippen LogP contribution in [0.1, 0.15) is 5.56 Å². The summed E-state index contributed by atoms with van der Waals surface area (Å²) in [6.07, 6.45) is -4.76. The third kappa shape index (κ3) is 3.65. The Labute approximate surface area is 112 Å². The van der Waals surface area contributed by atoms with E-state index in [1.165, 1.54) is 13.2 Å². The van der Waals surface area contributed by atoms with Gasteiger partial charge in [0.1, 0.15) is 0 Å². The van der Waals surface area contributed by atoms with E-state index in [9.17, 15) is 13.2 Å². The van der Waals surface area contributed by atoms with Crippen molar-refractivity contribution in [3.63, 3.8) is 0 Å². The number of aromatic nitrogens is 1. The number of hydrogen-bond acceptors (Lipinski definition) is 3. The Morgan fingerprint density at radius 2 is 2.12 bits per heavy atom. The molecule has 0 atom stereocenters. The number of rotatable bonds is 3. The van der Waals surface area contributed by atoms with E-state index in [1.54, 1.807) is 0 Å². The summed E-state index contributed by atoms with van der Waals surface area (Å²) in [5.41, 5.74) is 0.617. The minimum atomic E-state index is -4.76. The van der Waals surface area contributed by atoms with Gasteiger partial charge in [-0.1, -0.05) is 15.9 Å².